The Morgan fingerprint density at radius 3 is 2.32 bits per heavy atom. The molecule has 0 bridgehead atoms. The average molecular weight is 379 g/mol. The number of amides is 3. The van der Waals surface area contributed by atoms with E-state index in [1.807, 2.05) is 55.7 Å². The van der Waals surface area contributed by atoms with Crippen molar-refractivity contribution in [3.8, 4) is 0 Å². The van der Waals surface area contributed by atoms with E-state index in [9.17, 15) is 9.59 Å². The quantitative estimate of drug-likeness (QED) is 0.609. The maximum Gasteiger partial charge on any atom is 0.319 e. The van der Waals surface area contributed by atoms with Crippen LogP contribution in [0.5, 0.6) is 0 Å². The van der Waals surface area contributed by atoms with E-state index in [0.717, 1.165) is 23.3 Å². The Morgan fingerprint density at radius 1 is 1.00 bits per heavy atom. The summed E-state index contributed by atoms with van der Waals surface area (Å²) < 4.78 is 1.92. The van der Waals surface area contributed by atoms with Gasteiger partial charge in [0.1, 0.15) is 12.4 Å². The van der Waals surface area contributed by atoms with Gasteiger partial charge in [0.2, 0.25) is 5.91 Å². The lowest BCUT2D eigenvalue weighted by molar-refractivity contribution is -0.116. The molecule has 146 valence electrons. The van der Waals surface area contributed by atoms with Gasteiger partial charge < -0.3 is 20.5 Å². The highest BCUT2D eigenvalue weighted by atomic mass is 16.2. The van der Waals surface area contributed by atoms with E-state index in [4.69, 9.17) is 0 Å². The van der Waals surface area contributed by atoms with Gasteiger partial charge in [-0.1, -0.05) is 31.2 Å². The Balaban J connectivity index is 1.77. The summed E-state index contributed by atoms with van der Waals surface area (Å²) in [6.45, 7) is 5.93. The molecule has 0 aliphatic carbocycles. The highest BCUT2D eigenvalue weighted by molar-refractivity contribution is 5.99. The van der Waals surface area contributed by atoms with Gasteiger partial charge in [0.15, 0.2) is 0 Å². The van der Waals surface area contributed by atoms with Gasteiger partial charge in [-0.2, -0.15) is 0 Å². The highest BCUT2D eigenvalue weighted by Crippen LogP contribution is 2.22. The van der Waals surface area contributed by atoms with Crippen molar-refractivity contribution >= 4 is 34.3 Å². The lowest BCUT2D eigenvalue weighted by atomic mass is 10.2. The minimum atomic E-state index is -0.314. The van der Waals surface area contributed by atoms with E-state index < -0.39 is 0 Å². The number of aryl methyl sites for hydroxylation is 1. The van der Waals surface area contributed by atoms with Crippen LogP contribution < -0.4 is 16.0 Å². The molecular formula is C21H25N5O2. The van der Waals surface area contributed by atoms with E-state index >= 15 is 0 Å². The molecule has 0 aliphatic heterocycles. The van der Waals surface area contributed by atoms with Crippen LogP contribution in [0.3, 0.4) is 0 Å². The molecule has 2 aromatic carbocycles. The molecule has 3 rings (SSSR count). The minimum absolute atomic E-state index is 0.0174. The molecule has 7 nitrogen and oxygen atoms in total. The first kappa shape index (κ1) is 19.4. The summed E-state index contributed by atoms with van der Waals surface area (Å²) in [6.07, 6.45) is 0.732. The van der Waals surface area contributed by atoms with Gasteiger partial charge in [0.25, 0.3) is 0 Å². The average Bonchev–Trinajstić information content (AvgIpc) is 3.00. The number of hydrogen-bond acceptors (Lipinski definition) is 3. The number of benzene rings is 2. The molecule has 0 saturated carbocycles. The molecular weight excluding hydrogens is 354 g/mol. The van der Waals surface area contributed by atoms with Gasteiger partial charge >= 0.3 is 6.03 Å². The third-order valence-electron chi connectivity index (χ3n) is 4.22. The Morgan fingerprint density at radius 2 is 1.64 bits per heavy atom. The fraction of sp³-hybridized carbons (Fsp3) is 0.286. The van der Waals surface area contributed by atoms with Crippen molar-refractivity contribution in [3.63, 3.8) is 0 Å². The molecule has 0 spiro atoms. The molecule has 1 heterocycles. The number of nitrogens with one attached hydrogen (secondary N) is 3. The molecule has 0 saturated heterocycles. The molecule has 3 aromatic rings. The molecule has 0 atom stereocenters. The normalized spacial score (nSPS) is 10.9. The first-order chi connectivity index (χ1) is 13.5. The summed E-state index contributed by atoms with van der Waals surface area (Å²) in [5.41, 5.74) is 2.89. The number of hydrogen-bond donors (Lipinski definition) is 3. The lowest BCUT2D eigenvalue weighted by Gasteiger charge is -2.15. The number of anilines is 2. The standard InChI is InChI=1S/C21H25N5O2/c1-4-19-23-17-11-7-8-12-18(17)26(19)13-20(27)24-15-9-5-6-10-16(15)25-21(28)22-14(2)3/h5-12,14H,4,13H2,1-3H3,(H,24,27)(H2,22,25,28). The Hall–Kier alpha value is -3.35. The van der Waals surface area contributed by atoms with Crippen molar-refractivity contribution in [1.82, 2.24) is 14.9 Å². The zero-order valence-corrected chi connectivity index (χ0v) is 16.3. The largest absolute Gasteiger partial charge is 0.336 e. The van der Waals surface area contributed by atoms with Crippen molar-refractivity contribution in [3.05, 3.63) is 54.4 Å². The van der Waals surface area contributed by atoms with E-state index in [1.54, 1.807) is 18.2 Å². The van der Waals surface area contributed by atoms with Crippen LogP contribution in [0.15, 0.2) is 48.5 Å². The Labute approximate surface area is 164 Å². The molecule has 3 N–H and O–H groups in total. The number of para-hydroxylation sites is 4. The highest BCUT2D eigenvalue weighted by Gasteiger charge is 2.14. The number of urea groups is 1. The summed E-state index contributed by atoms with van der Waals surface area (Å²) >= 11 is 0. The second kappa shape index (κ2) is 8.56. The van der Waals surface area contributed by atoms with Gasteiger partial charge in [0.05, 0.1) is 22.4 Å². The number of carbonyl (C=O) groups excluding carboxylic acids is 2. The van der Waals surface area contributed by atoms with Crippen LogP contribution in [0.4, 0.5) is 16.2 Å². The predicted molar refractivity (Wildman–Crippen MR) is 111 cm³/mol. The zero-order valence-electron chi connectivity index (χ0n) is 16.3. The number of rotatable bonds is 6. The van der Waals surface area contributed by atoms with Gasteiger partial charge in [-0.15, -0.1) is 0 Å². The van der Waals surface area contributed by atoms with Crippen molar-refractivity contribution in [2.45, 2.75) is 39.8 Å². The SMILES string of the molecule is CCc1nc2ccccc2n1CC(=O)Nc1ccccc1NC(=O)NC(C)C. The maximum absolute atomic E-state index is 12.7. The molecule has 3 amide bonds. The van der Waals surface area contributed by atoms with Crippen molar-refractivity contribution in [2.75, 3.05) is 10.6 Å². The van der Waals surface area contributed by atoms with Crippen LogP contribution in [0.2, 0.25) is 0 Å². The second-order valence-corrected chi connectivity index (χ2v) is 6.80. The number of imidazole rings is 1. The van der Waals surface area contributed by atoms with E-state index in [1.165, 1.54) is 0 Å². The zero-order chi connectivity index (χ0) is 20.1. The molecule has 0 unspecified atom stereocenters. The third-order valence-corrected chi connectivity index (χ3v) is 4.22. The number of carbonyl (C=O) groups is 2. The molecule has 0 radical (unpaired) electrons. The van der Waals surface area contributed by atoms with Gasteiger partial charge in [-0.25, -0.2) is 9.78 Å². The summed E-state index contributed by atoms with van der Waals surface area (Å²) in [4.78, 5) is 29.3. The molecule has 1 aromatic heterocycles. The summed E-state index contributed by atoms with van der Waals surface area (Å²) in [5.74, 6) is 0.676. The smallest absolute Gasteiger partial charge is 0.319 e. The van der Waals surface area contributed by atoms with Crippen LogP contribution >= 0.6 is 0 Å². The van der Waals surface area contributed by atoms with Crippen LogP contribution in [-0.4, -0.2) is 27.5 Å². The van der Waals surface area contributed by atoms with Crippen LogP contribution in [0.1, 0.15) is 26.6 Å². The maximum atomic E-state index is 12.7. The predicted octanol–water partition coefficient (Wildman–Crippen LogP) is 3.77. The summed E-state index contributed by atoms with van der Waals surface area (Å²) in [7, 11) is 0. The summed E-state index contributed by atoms with van der Waals surface area (Å²) in [6, 6.07) is 14.6. The first-order valence-electron chi connectivity index (χ1n) is 9.38. The molecule has 0 fully saturated rings. The summed E-state index contributed by atoms with van der Waals surface area (Å²) in [5, 5.41) is 8.44. The minimum Gasteiger partial charge on any atom is -0.336 e. The van der Waals surface area contributed by atoms with E-state index in [0.29, 0.717) is 11.4 Å². The molecule has 7 heteroatoms. The molecule has 0 aliphatic rings. The Bertz CT molecular complexity index is 993. The lowest BCUT2D eigenvalue weighted by Crippen LogP contribution is -2.34. The third kappa shape index (κ3) is 4.49. The van der Waals surface area contributed by atoms with Crippen LogP contribution in [0.25, 0.3) is 11.0 Å². The molecule has 28 heavy (non-hydrogen) atoms. The van der Waals surface area contributed by atoms with Crippen molar-refractivity contribution in [1.29, 1.82) is 0 Å². The monoisotopic (exact) mass is 379 g/mol. The van der Waals surface area contributed by atoms with Gasteiger partial charge in [-0.3, -0.25) is 4.79 Å². The topological polar surface area (TPSA) is 88.1 Å². The van der Waals surface area contributed by atoms with Gasteiger partial charge in [-0.05, 0) is 38.1 Å². The number of nitrogens with zero attached hydrogens (tertiary/aromatic N) is 2. The van der Waals surface area contributed by atoms with E-state index in [-0.39, 0.29) is 24.5 Å². The second-order valence-electron chi connectivity index (χ2n) is 6.80. The van der Waals surface area contributed by atoms with Crippen LogP contribution in [-0.2, 0) is 17.8 Å². The van der Waals surface area contributed by atoms with Crippen molar-refractivity contribution < 1.29 is 9.59 Å². The fourth-order valence-electron chi connectivity index (χ4n) is 3.03. The van der Waals surface area contributed by atoms with E-state index in [2.05, 4.69) is 20.9 Å². The number of fused-ring (bicyclic) bond motifs is 1. The van der Waals surface area contributed by atoms with Crippen LogP contribution in [0, 0.1) is 0 Å². The first-order valence-corrected chi connectivity index (χ1v) is 9.38. The van der Waals surface area contributed by atoms with Crippen molar-refractivity contribution in [2.24, 2.45) is 0 Å². The van der Waals surface area contributed by atoms with Gasteiger partial charge in [0, 0.05) is 12.5 Å². The Kier molecular flexibility index (Phi) is 5.93. The number of aromatic nitrogens is 2. The fourth-order valence-corrected chi connectivity index (χ4v) is 3.03.